The molecule has 9 heteroatoms. The maximum absolute atomic E-state index is 12.2. The lowest BCUT2D eigenvalue weighted by molar-refractivity contribution is -0.122. The molecule has 0 aliphatic carbocycles. The monoisotopic (exact) mass is 405 g/mol. The maximum Gasteiger partial charge on any atom is 0.321 e. The fourth-order valence-electron chi connectivity index (χ4n) is 2.41. The van der Waals surface area contributed by atoms with Crippen molar-refractivity contribution in [1.29, 1.82) is 0 Å². The maximum atomic E-state index is 12.2. The number of nitrogens with zero attached hydrogens (tertiary/aromatic N) is 1. The summed E-state index contributed by atoms with van der Waals surface area (Å²) in [6.45, 7) is 8.24. The third-order valence-corrected chi connectivity index (χ3v) is 3.93. The molecule has 0 bridgehead atoms. The molecule has 0 aromatic heterocycles. The molecule has 0 unspecified atom stereocenters. The van der Waals surface area contributed by atoms with Gasteiger partial charge in [-0.05, 0) is 43.1 Å². The summed E-state index contributed by atoms with van der Waals surface area (Å²) in [4.78, 5) is 48.6. The highest BCUT2D eigenvalue weighted by atomic mass is 16.2. The van der Waals surface area contributed by atoms with Crippen molar-refractivity contribution in [2.45, 2.75) is 34.1 Å². The Morgan fingerprint density at radius 3 is 2.00 bits per heavy atom. The number of carbonyl (C=O) groups excluding carboxylic acids is 4. The molecule has 0 fully saturated rings. The molecule has 1 aromatic carbocycles. The second-order valence-corrected chi connectivity index (χ2v) is 7.10. The molecule has 9 nitrogen and oxygen atoms in total. The third-order valence-electron chi connectivity index (χ3n) is 3.93. The molecule has 29 heavy (non-hydrogen) atoms. The number of likely N-dealkylation sites (N-methyl/N-ethyl adjacent to an activating group) is 1. The highest BCUT2D eigenvalue weighted by Gasteiger charge is 2.15. The topological polar surface area (TPSA) is 120 Å². The minimum Gasteiger partial charge on any atom is -0.338 e. The van der Waals surface area contributed by atoms with E-state index in [0.717, 1.165) is 6.42 Å². The summed E-state index contributed by atoms with van der Waals surface area (Å²) in [6.07, 6.45) is 0.828. The van der Waals surface area contributed by atoms with Crippen LogP contribution in [0.15, 0.2) is 24.3 Å². The summed E-state index contributed by atoms with van der Waals surface area (Å²) in [5, 5.41) is 10.3. The number of hydrogen-bond acceptors (Lipinski definition) is 5. The molecule has 4 N–H and O–H groups in total. The molecule has 0 heterocycles. The van der Waals surface area contributed by atoms with E-state index in [1.165, 1.54) is 6.92 Å². The van der Waals surface area contributed by atoms with Crippen LogP contribution in [0.1, 0.15) is 34.1 Å². The first-order valence-electron chi connectivity index (χ1n) is 9.67. The van der Waals surface area contributed by atoms with Gasteiger partial charge >= 0.3 is 6.03 Å². The predicted octanol–water partition coefficient (Wildman–Crippen LogP) is 1.78. The summed E-state index contributed by atoms with van der Waals surface area (Å²) >= 11 is 0. The molecular formula is C20H31N5O4. The number of anilines is 2. The van der Waals surface area contributed by atoms with Crippen LogP contribution in [-0.2, 0) is 14.4 Å². The highest BCUT2D eigenvalue weighted by Crippen LogP contribution is 2.13. The Balaban J connectivity index is 2.43. The van der Waals surface area contributed by atoms with E-state index < -0.39 is 11.9 Å². The van der Waals surface area contributed by atoms with Crippen molar-refractivity contribution in [2.75, 3.05) is 36.8 Å². The van der Waals surface area contributed by atoms with E-state index in [0.29, 0.717) is 30.4 Å². The standard InChI is InChI=1S/C20H31N5O4/c1-5-25(13-19(28)24-20(29)21-11-10-14(2)3)12-18(27)23-17-8-6-16(7-9-17)22-15(4)26/h6-9,14H,5,10-13H2,1-4H3,(H,22,26)(H,23,27)(H2,21,24,28,29). The molecule has 0 saturated heterocycles. The molecule has 160 valence electrons. The van der Waals surface area contributed by atoms with Crippen LogP contribution >= 0.6 is 0 Å². The van der Waals surface area contributed by atoms with Crippen LogP contribution in [0, 0.1) is 5.92 Å². The number of carbonyl (C=O) groups is 4. The van der Waals surface area contributed by atoms with Crippen molar-refractivity contribution in [3.05, 3.63) is 24.3 Å². The van der Waals surface area contributed by atoms with Crippen molar-refractivity contribution in [3.63, 3.8) is 0 Å². The average molecular weight is 405 g/mol. The van der Waals surface area contributed by atoms with Crippen molar-refractivity contribution < 1.29 is 19.2 Å². The van der Waals surface area contributed by atoms with E-state index in [1.54, 1.807) is 29.2 Å². The molecule has 1 aromatic rings. The van der Waals surface area contributed by atoms with Crippen molar-refractivity contribution >= 4 is 35.1 Å². The molecule has 0 aliphatic rings. The van der Waals surface area contributed by atoms with E-state index in [1.807, 2.05) is 20.8 Å². The molecule has 0 aliphatic heterocycles. The zero-order valence-electron chi connectivity index (χ0n) is 17.5. The van der Waals surface area contributed by atoms with Crippen LogP contribution in [0.5, 0.6) is 0 Å². The second kappa shape index (κ2) is 12.5. The normalized spacial score (nSPS) is 10.6. The number of amides is 5. The van der Waals surface area contributed by atoms with E-state index in [4.69, 9.17) is 0 Å². The van der Waals surface area contributed by atoms with Crippen LogP contribution in [0.3, 0.4) is 0 Å². The smallest absolute Gasteiger partial charge is 0.321 e. The van der Waals surface area contributed by atoms with Gasteiger partial charge in [0.25, 0.3) is 0 Å². The first-order chi connectivity index (χ1) is 13.7. The first kappa shape index (κ1) is 24.1. The van der Waals surface area contributed by atoms with Crippen LogP contribution in [0.4, 0.5) is 16.2 Å². The molecule has 0 spiro atoms. The number of nitrogens with one attached hydrogen (secondary N) is 4. The Labute approximate surface area is 171 Å². The molecule has 0 atom stereocenters. The van der Waals surface area contributed by atoms with Gasteiger partial charge in [0.2, 0.25) is 17.7 Å². The van der Waals surface area contributed by atoms with Gasteiger partial charge in [0.15, 0.2) is 0 Å². The summed E-state index contributed by atoms with van der Waals surface area (Å²) in [6, 6.07) is 6.18. The largest absolute Gasteiger partial charge is 0.338 e. The summed E-state index contributed by atoms with van der Waals surface area (Å²) in [7, 11) is 0. The summed E-state index contributed by atoms with van der Waals surface area (Å²) < 4.78 is 0. The fraction of sp³-hybridized carbons (Fsp3) is 0.500. The lowest BCUT2D eigenvalue weighted by Gasteiger charge is -2.19. The van der Waals surface area contributed by atoms with Gasteiger partial charge < -0.3 is 16.0 Å². The molecule has 5 amide bonds. The second-order valence-electron chi connectivity index (χ2n) is 7.10. The first-order valence-corrected chi connectivity index (χ1v) is 9.67. The number of hydrogen-bond donors (Lipinski definition) is 4. The molecule has 0 saturated carbocycles. The van der Waals surface area contributed by atoms with Crippen molar-refractivity contribution in [1.82, 2.24) is 15.5 Å². The number of urea groups is 1. The minimum atomic E-state index is -0.532. The van der Waals surface area contributed by atoms with Crippen molar-refractivity contribution in [2.24, 2.45) is 5.92 Å². The van der Waals surface area contributed by atoms with Crippen LogP contribution in [0.2, 0.25) is 0 Å². The Hall–Kier alpha value is -2.94. The van der Waals surface area contributed by atoms with Gasteiger partial charge in [-0.3, -0.25) is 24.6 Å². The molecule has 0 radical (unpaired) electrons. The Morgan fingerprint density at radius 1 is 0.931 bits per heavy atom. The Morgan fingerprint density at radius 2 is 1.48 bits per heavy atom. The van der Waals surface area contributed by atoms with Gasteiger partial charge in [-0.2, -0.15) is 0 Å². The van der Waals surface area contributed by atoms with E-state index >= 15 is 0 Å². The lowest BCUT2D eigenvalue weighted by Crippen LogP contribution is -2.46. The van der Waals surface area contributed by atoms with Gasteiger partial charge in [-0.1, -0.05) is 20.8 Å². The Kier molecular flexibility index (Phi) is 10.4. The van der Waals surface area contributed by atoms with Gasteiger partial charge in [0, 0.05) is 24.8 Å². The highest BCUT2D eigenvalue weighted by molar-refractivity contribution is 5.96. The number of imide groups is 1. The van der Waals surface area contributed by atoms with Gasteiger partial charge in [0.05, 0.1) is 13.1 Å². The lowest BCUT2D eigenvalue weighted by atomic mass is 10.1. The van der Waals surface area contributed by atoms with Crippen LogP contribution in [0.25, 0.3) is 0 Å². The average Bonchev–Trinajstić information content (AvgIpc) is 2.61. The van der Waals surface area contributed by atoms with Crippen LogP contribution < -0.4 is 21.3 Å². The fourth-order valence-corrected chi connectivity index (χ4v) is 2.41. The number of benzene rings is 1. The van der Waals surface area contributed by atoms with Crippen molar-refractivity contribution in [3.8, 4) is 0 Å². The quantitative estimate of drug-likeness (QED) is 0.473. The Bertz CT molecular complexity index is 703. The third kappa shape index (κ3) is 10.8. The van der Waals surface area contributed by atoms with Gasteiger partial charge in [-0.15, -0.1) is 0 Å². The van der Waals surface area contributed by atoms with Gasteiger partial charge in [0.1, 0.15) is 0 Å². The SMILES string of the molecule is CCN(CC(=O)NC(=O)NCCC(C)C)CC(=O)Nc1ccc(NC(C)=O)cc1. The van der Waals surface area contributed by atoms with Crippen LogP contribution in [-0.4, -0.2) is 54.8 Å². The zero-order chi connectivity index (χ0) is 21.8. The number of rotatable bonds is 10. The minimum absolute atomic E-state index is 0.00629. The molecular weight excluding hydrogens is 374 g/mol. The zero-order valence-corrected chi connectivity index (χ0v) is 17.5. The van der Waals surface area contributed by atoms with Gasteiger partial charge in [-0.25, -0.2) is 4.79 Å². The van der Waals surface area contributed by atoms with E-state index in [9.17, 15) is 19.2 Å². The van der Waals surface area contributed by atoms with E-state index in [-0.39, 0.29) is 24.9 Å². The van der Waals surface area contributed by atoms with E-state index in [2.05, 4.69) is 21.3 Å². The summed E-state index contributed by atoms with van der Waals surface area (Å²) in [5.74, 6) is -0.469. The summed E-state index contributed by atoms with van der Waals surface area (Å²) in [5.41, 5.74) is 1.21. The molecule has 1 rings (SSSR count). The predicted molar refractivity (Wildman–Crippen MR) is 112 cm³/mol.